The van der Waals surface area contributed by atoms with Crippen LogP contribution in [-0.2, 0) is 7.05 Å². The zero-order chi connectivity index (χ0) is 18.7. The Balaban J connectivity index is 1.95. The average molecular weight is 350 g/mol. The maximum absolute atomic E-state index is 12.6. The van der Waals surface area contributed by atoms with Crippen LogP contribution in [0.3, 0.4) is 0 Å². The Morgan fingerprint density at radius 1 is 1.12 bits per heavy atom. The molecular formula is C19H18N4O3. The van der Waals surface area contributed by atoms with Crippen LogP contribution < -0.4 is 15.7 Å². The Labute approximate surface area is 149 Å². The number of ether oxygens (including phenoxy) is 1. The van der Waals surface area contributed by atoms with E-state index in [1.165, 1.54) is 7.05 Å². The molecule has 0 radical (unpaired) electrons. The van der Waals surface area contributed by atoms with Crippen molar-refractivity contribution in [3.05, 3.63) is 70.1 Å². The van der Waals surface area contributed by atoms with Crippen LogP contribution in [0.2, 0.25) is 0 Å². The number of aryl methyl sites for hydroxylation is 1. The van der Waals surface area contributed by atoms with Gasteiger partial charge in [0.2, 0.25) is 0 Å². The molecule has 3 rings (SSSR count). The van der Waals surface area contributed by atoms with Crippen LogP contribution in [0, 0.1) is 0 Å². The number of hydrazone groups is 1. The van der Waals surface area contributed by atoms with E-state index in [2.05, 4.69) is 15.6 Å². The number of hydrogen-bond donors (Lipinski definition) is 1. The van der Waals surface area contributed by atoms with Gasteiger partial charge in [-0.2, -0.15) is 10.2 Å². The molecule has 0 aliphatic carbocycles. The second kappa shape index (κ2) is 7.18. The number of fused-ring (bicyclic) bond motifs is 1. The van der Waals surface area contributed by atoms with Crippen LogP contribution in [0.25, 0.3) is 10.8 Å². The van der Waals surface area contributed by atoms with Crippen molar-refractivity contribution in [1.29, 1.82) is 0 Å². The van der Waals surface area contributed by atoms with Gasteiger partial charge in [0.25, 0.3) is 11.5 Å². The minimum Gasteiger partial charge on any atom is -0.496 e. The highest BCUT2D eigenvalue weighted by molar-refractivity contribution is 6.06. The van der Waals surface area contributed by atoms with Gasteiger partial charge < -0.3 is 4.74 Å². The molecule has 7 heteroatoms. The van der Waals surface area contributed by atoms with Crippen LogP contribution >= 0.6 is 0 Å². The Morgan fingerprint density at radius 3 is 2.50 bits per heavy atom. The molecule has 0 aliphatic rings. The number of amides is 1. The normalized spacial score (nSPS) is 11.4. The molecule has 1 amide bonds. The first-order valence-electron chi connectivity index (χ1n) is 7.97. The van der Waals surface area contributed by atoms with Crippen LogP contribution in [0.1, 0.15) is 23.0 Å². The third-order valence-electron chi connectivity index (χ3n) is 3.99. The molecule has 0 atom stereocenters. The molecule has 0 spiro atoms. The first-order valence-corrected chi connectivity index (χ1v) is 7.97. The van der Waals surface area contributed by atoms with Crippen molar-refractivity contribution in [3.8, 4) is 5.75 Å². The number of nitrogens with one attached hydrogen (secondary N) is 1. The highest BCUT2D eigenvalue weighted by Crippen LogP contribution is 2.18. The molecule has 0 unspecified atom stereocenters. The summed E-state index contributed by atoms with van der Waals surface area (Å²) in [5.74, 6) is 0.166. The Kier molecular flexibility index (Phi) is 4.79. The van der Waals surface area contributed by atoms with E-state index in [-0.39, 0.29) is 11.3 Å². The summed E-state index contributed by atoms with van der Waals surface area (Å²) in [7, 11) is 3.08. The minimum absolute atomic E-state index is 0.138. The van der Waals surface area contributed by atoms with Gasteiger partial charge in [-0.25, -0.2) is 10.1 Å². The summed E-state index contributed by atoms with van der Waals surface area (Å²) >= 11 is 0. The van der Waals surface area contributed by atoms with Gasteiger partial charge in [-0.3, -0.25) is 9.59 Å². The van der Waals surface area contributed by atoms with Crippen LogP contribution in [0.5, 0.6) is 5.75 Å². The van der Waals surface area contributed by atoms with E-state index in [1.54, 1.807) is 38.3 Å². The van der Waals surface area contributed by atoms with Gasteiger partial charge in [0.05, 0.1) is 18.2 Å². The second-order valence-electron chi connectivity index (χ2n) is 5.66. The van der Waals surface area contributed by atoms with Crippen molar-refractivity contribution in [2.24, 2.45) is 12.1 Å². The lowest BCUT2D eigenvalue weighted by Crippen LogP contribution is -2.27. The van der Waals surface area contributed by atoms with Crippen molar-refractivity contribution in [2.45, 2.75) is 6.92 Å². The molecule has 1 N–H and O–H groups in total. The van der Waals surface area contributed by atoms with Gasteiger partial charge in [0.1, 0.15) is 5.75 Å². The summed E-state index contributed by atoms with van der Waals surface area (Å²) in [6.45, 7) is 1.77. The largest absolute Gasteiger partial charge is 0.496 e. The molecule has 1 aromatic heterocycles. The van der Waals surface area contributed by atoms with E-state index in [1.807, 2.05) is 24.3 Å². The number of para-hydroxylation sites is 1. The number of benzene rings is 2. The lowest BCUT2D eigenvalue weighted by Gasteiger charge is -2.09. The van der Waals surface area contributed by atoms with Crippen LogP contribution in [0.15, 0.2) is 58.4 Å². The summed E-state index contributed by atoms with van der Waals surface area (Å²) in [5, 5.41) is 9.15. The number of carbonyl (C=O) groups is 1. The topological polar surface area (TPSA) is 85.6 Å². The van der Waals surface area contributed by atoms with Crippen molar-refractivity contribution >= 4 is 22.4 Å². The highest BCUT2D eigenvalue weighted by atomic mass is 16.5. The lowest BCUT2D eigenvalue weighted by molar-refractivity contribution is 0.0949. The quantitative estimate of drug-likeness (QED) is 0.577. The predicted molar refractivity (Wildman–Crippen MR) is 99.7 cm³/mol. The summed E-state index contributed by atoms with van der Waals surface area (Å²) in [6, 6.07) is 14.2. The summed E-state index contributed by atoms with van der Waals surface area (Å²) in [6.07, 6.45) is 0. The number of hydrogen-bond acceptors (Lipinski definition) is 5. The van der Waals surface area contributed by atoms with Gasteiger partial charge in [-0.1, -0.05) is 30.3 Å². The standard InChI is InChI=1S/C19H18N4O3/c1-12(13-8-6-7-11-16(13)26-3)20-21-18(24)17-14-9-4-5-10-15(14)19(25)23(2)22-17/h4-11H,1-3H3,(H,21,24)/b20-12+. The van der Waals surface area contributed by atoms with E-state index in [9.17, 15) is 9.59 Å². The van der Waals surface area contributed by atoms with E-state index < -0.39 is 5.91 Å². The molecule has 0 fully saturated rings. The molecule has 3 aromatic rings. The van der Waals surface area contributed by atoms with E-state index >= 15 is 0 Å². The SMILES string of the molecule is COc1ccccc1/C(C)=N/NC(=O)c1nn(C)c(=O)c2ccccc12. The van der Waals surface area contributed by atoms with Crippen LogP contribution in [0.4, 0.5) is 0 Å². The number of rotatable bonds is 4. The van der Waals surface area contributed by atoms with Crippen LogP contribution in [-0.4, -0.2) is 28.5 Å². The highest BCUT2D eigenvalue weighted by Gasteiger charge is 2.15. The smallest absolute Gasteiger partial charge is 0.292 e. The summed E-state index contributed by atoms with van der Waals surface area (Å²) in [5.41, 5.74) is 3.74. The molecule has 0 bridgehead atoms. The van der Waals surface area contributed by atoms with Crippen molar-refractivity contribution in [3.63, 3.8) is 0 Å². The zero-order valence-electron chi connectivity index (χ0n) is 14.7. The molecule has 0 saturated heterocycles. The fourth-order valence-electron chi connectivity index (χ4n) is 2.66. The molecule has 1 heterocycles. The maximum Gasteiger partial charge on any atom is 0.292 e. The van der Waals surface area contributed by atoms with Crippen molar-refractivity contribution in [2.75, 3.05) is 7.11 Å². The molecule has 7 nitrogen and oxygen atoms in total. The number of methoxy groups -OCH3 is 1. The van der Waals surface area contributed by atoms with Gasteiger partial charge in [-0.15, -0.1) is 0 Å². The fourth-order valence-corrected chi connectivity index (χ4v) is 2.66. The minimum atomic E-state index is -0.494. The number of nitrogens with zero attached hydrogens (tertiary/aromatic N) is 3. The Morgan fingerprint density at radius 2 is 1.77 bits per heavy atom. The molecule has 0 aliphatic heterocycles. The number of carbonyl (C=O) groups excluding carboxylic acids is 1. The lowest BCUT2D eigenvalue weighted by atomic mass is 10.1. The van der Waals surface area contributed by atoms with E-state index in [0.717, 1.165) is 10.2 Å². The monoisotopic (exact) mass is 350 g/mol. The van der Waals surface area contributed by atoms with Crippen molar-refractivity contribution < 1.29 is 9.53 Å². The fraction of sp³-hybridized carbons (Fsp3) is 0.158. The first kappa shape index (κ1) is 17.3. The van der Waals surface area contributed by atoms with Gasteiger partial charge in [0, 0.05) is 18.0 Å². The molecule has 2 aromatic carbocycles. The third-order valence-corrected chi connectivity index (χ3v) is 3.99. The predicted octanol–water partition coefficient (Wildman–Crippen LogP) is 2.10. The molecule has 26 heavy (non-hydrogen) atoms. The van der Waals surface area contributed by atoms with Gasteiger partial charge in [0.15, 0.2) is 5.69 Å². The molecule has 132 valence electrons. The second-order valence-corrected chi connectivity index (χ2v) is 5.66. The van der Waals surface area contributed by atoms with Crippen molar-refractivity contribution in [1.82, 2.24) is 15.2 Å². The van der Waals surface area contributed by atoms with Gasteiger partial charge in [-0.05, 0) is 25.1 Å². The Hall–Kier alpha value is -3.48. The summed E-state index contributed by atoms with van der Waals surface area (Å²) in [4.78, 5) is 24.7. The van der Waals surface area contributed by atoms with E-state index in [4.69, 9.17) is 4.74 Å². The first-order chi connectivity index (χ1) is 12.5. The summed E-state index contributed by atoms with van der Waals surface area (Å²) < 4.78 is 6.45. The number of aromatic nitrogens is 2. The zero-order valence-corrected chi connectivity index (χ0v) is 14.7. The van der Waals surface area contributed by atoms with E-state index in [0.29, 0.717) is 22.2 Å². The van der Waals surface area contributed by atoms with Gasteiger partial charge >= 0.3 is 0 Å². The Bertz CT molecular complexity index is 1070. The molecule has 0 saturated carbocycles. The third kappa shape index (κ3) is 3.19. The maximum atomic E-state index is 12.6. The average Bonchev–Trinajstić information content (AvgIpc) is 2.68. The molecular weight excluding hydrogens is 332 g/mol.